The summed E-state index contributed by atoms with van der Waals surface area (Å²) in [7, 11) is 0. The summed E-state index contributed by atoms with van der Waals surface area (Å²) in [6.45, 7) is 6.96. The fourth-order valence-corrected chi connectivity index (χ4v) is 1.89. The van der Waals surface area contributed by atoms with Gasteiger partial charge in [0.05, 0.1) is 0 Å². The molecule has 5 nitrogen and oxygen atoms in total. The number of nitrogens with one attached hydrogen (secondary N) is 1. The molecule has 0 aromatic carbocycles. The van der Waals surface area contributed by atoms with Gasteiger partial charge in [-0.2, -0.15) is 0 Å². The van der Waals surface area contributed by atoms with E-state index in [1.165, 1.54) is 0 Å². The lowest BCUT2D eigenvalue weighted by Gasteiger charge is -2.24. The second kappa shape index (κ2) is 4.18. The van der Waals surface area contributed by atoms with Crippen molar-refractivity contribution in [2.45, 2.75) is 26.8 Å². The van der Waals surface area contributed by atoms with Crippen LogP contribution in [0.3, 0.4) is 0 Å². The van der Waals surface area contributed by atoms with Crippen molar-refractivity contribution in [2.24, 2.45) is 17.6 Å². The van der Waals surface area contributed by atoms with Crippen molar-refractivity contribution in [3.63, 3.8) is 0 Å². The molecule has 1 aromatic rings. The third kappa shape index (κ3) is 2.12. The standard InChI is InChI=1S/C10H19N5/c1-7(2)3-9-13-14-10-12-5-8(4-11)6-15(9)10/h7-8H,3-6,11H2,1-2H3,(H,12,14). The molecule has 0 saturated carbocycles. The first-order valence-corrected chi connectivity index (χ1v) is 5.56. The Morgan fingerprint density at radius 1 is 1.53 bits per heavy atom. The first-order valence-electron chi connectivity index (χ1n) is 5.56. The summed E-state index contributed by atoms with van der Waals surface area (Å²) in [6.07, 6.45) is 0.978. The van der Waals surface area contributed by atoms with Crippen LogP contribution in [0.5, 0.6) is 0 Å². The van der Waals surface area contributed by atoms with Crippen LogP contribution < -0.4 is 11.1 Å². The summed E-state index contributed by atoms with van der Waals surface area (Å²) >= 11 is 0. The van der Waals surface area contributed by atoms with E-state index in [9.17, 15) is 0 Å². The number of anilines is 1. The molecule has 0 radical (unpaired) electrons. The quantitative estimate of drug-likeness (QED) is 0.759. The molecule has 0 bridgehead atoms. The van der Waals surface area contributed by atoms with E-state index in [4.69, 9.17) is 5.73 Å². The lowest BCUT2D eigenvalue weighted by atomic mass is 10.1. The van der Waals surface area contributed by atoms with E-state index in [-0.39, 0.29) is 0 Å². The van der Waals surface area contributed by atoms with Gasteiger partial charge in [0.2, 0.25) is 5.95 Å². The summed E-state index contributed by atoms with van der Waals surface area (Å²) in [5.41, 5.74) is 5.69. The van der Waals surface area contributed by atoms with Crippen LogP contribution in [0.4, 0.5) is 5.95 Å². The number of nitrogens with zero attached hydrogens (tertiary/aromatic N) is 3. The molecule has 1 aromatic heterocycles. The van der Waals surface area contributed by atoms with Gasteiger partial charge >= 0.3 is 0 Å². The van der Waals surface area contributed by atoms with E-state index in [1.807, 2.05) is 0 Å². The zero-order chi connectivity index (χ0) is 10.8. The maximum absolute atomic E-state index is 5.69. The topological polar surface area (TPSA) is 68.8 Å². The zero-order valence-electron chi connectivity index (χ0n) is 9.40. The van der Waals surface area contributed by atoms with Crippen LogP contribution in [0.2, 0.25) is 0 Å². The molecule has 3 N–H and O–H groups in total. The van der Waals surface area contributed by atoms with Gasteiger partial charge in [0.15, 0.2) is 0 Å². The van der Waals surface area contributed by atoms with Crippen molar-refractivity contribution >= 4 is 5.95 Å². The Hall–Kier alpha value is -1.10. The third-order valence-corrected chi connectivity index (χ3v) is 2.74. The molecule has 84 valence electrons. The van der Waals surface area contributed by atoms with E-state index < -0.39 is 0 Å². The number of hydrogen-bond donors (Lipinski definition) is 2. The highest BCUT2D eigenvalue weighted by Gasteiger charge is 2.21. The van der Waals surface area contributed by atoms with Gasteiger partial charge in [-0.05, 0) is 12.5 Å². The fraction of sp³-hybridized carbons (Fsp3) is 0.800. The van der Waals surface area contributed by atoms with Crippen LogP contribution in [0.25, 0.3) is 0 Å². The number of aromatic nitrogens is 3. The SMILES string of the molecule is CC(C)Cc1nnc2n1CC(CN)CN2. The van der Waals surface area contributed by atoms with Gasteiger partial charge in [-0.15, -0.1) is 10.2 Å². The van der Waals surface area contributed by atoms with Gasteiger partial charge in [0, 0.05) is 25.4 Å². The number of fused-ring (bicyclic) bond motifs is 1. The molecule has 0 spiro atoms. The molecule has 5 heteroatoms. The Bertz CT molecular complexity index is 331. The van der Waals surface area contributed by atoms with E-state index in [2.05, 4.69) is 33.9 Å². The predicted molar refractivity (Wildman–Crippen MR) is 59.6 cm³/mol. The van der Waals surface area contributed by atoms with E-state index >= 15 is 0 Å². The normalized spacial score (nSPS) is 20.1. The van der Waals surface area contributed by atoms with Crippen molar-refractivity contribution in [1.29, 1.82) is 0 Å². The lowest BCUT2D eigenvalue weighted by Crippen LogP contribution is -2.33. The van der Waals surface area contributed by atoms with Crippen molar-refractivity contribution in [3.05, 3.63) is 5.82 Å². The minimum absolute atomic E-state index is 0.499. The molecule has 0 amide bonds. The molecule has 0 aliphatic carbocycles. The summed E-state index contributed by atoms with van der Waals surface area (Å²) in [5, 5.41) is 11.6. The zero-order valence-corrected chi connectivity index (χ0v) is 9.40. The second-order valence-electron chi connectivity index (χ2n) is 4.63. The van der Waals surface area contributed by atoms with Crippen LogP contribution in [0.15, 0.2) is 0 Å². The third-order valence-electron chi connectivity index (χ3n) is 2.74. The van der Waals surface area contributed by atoms with Gasteiger partial charge in [-0.1, -0.05) is 13.8 Å². The second-order valence-corrected chi connectivity index (χ2v) is 4.63. The maximum atomic E-state index is 5.69. The molecule has 0 saturated heterocycles. The Kier molecular flexibility index (Phi) is 2.90. The van der Waals surface area contributed by atoms with E-state index in [0.29, 0.717) is 18.4 Å². The molecular formula is C10H19N5. The van der Waals surface area contributed by atoms with Crippen LogP contribution in [-0.4, -0.2) is 27.9 Å². The molecular weight excluding hydrogens is 190 g/mol. The smallest absolute Gasteiger partial charge is 0.224 e. The predicted octanol–water partition coefficient (Wildman–Crippen LogP) is 0.477. The number of hydrogen-bond acceptors (Lipinski definition) is 4. The van der Waals surface area contributed by atoms with E-state index in [1.54, 1.807) is 0 Å². The number of rotatable bonds is 3. The Labute approximate surface area is 90.1 Å². The van der Waals surface area contributed by atoms with Gasteiger partial charge in [0.25, 0.3) is 0 Å². The van der Waals surface area contributed by atoms with Crippen molar-refractivity contribution in [3.8, 4) is 0 Å². The van der Waals surface area contributed by atoms with Gasteiger partial charge in [-0.25, -0.2) is 0 Å². The van der Waals surface area contributed by atoms with Gasteiger partial charge in [0.1, 0.15) is 5.82 Å². The van der Waals surface area contributed by atoms with Crippen LogP contribution in [0, 0.1) is 11.8 Å². The Morgan fingerprint density at radius 3 is 3.00 bits per heavy atom. The molecule has 1 aliphatic rings. The summed E-state index contributed by atoms with van der Waals surface area (Å²) < 4.78 is 2.17. The Morgan fingerprint density at radius 2 is 2.33 bits per heavy atom. The summed E-state index contributed by atoms with van der Waals surface area (Å²) in [4.78, 5) is 0. The molecule has 1 aliphatic heterocycles. The van der Waals surface area contributed by atoms with Gasteiger partial charge in [-0.3, -0.25) is 4.57 Å². The molecule has 1 unspecified atom stereocenters. The molecule has 2 rings (SSSR count). The minimum atomic E-state index is 0.499. The monoisotopic (exact) mass is 209 g/mol. The lowest BCUT2D eigenvalue weighted by molar-refractivity contribution is 0.433. The number of nitrogens with two attached hydrogens (primary N) is 1. The van der Waals surface area contributed by atoms with Crippen molar-refractivity contribution in [1.82, 2.24) is 14.8 Å². The summed E-state index contributed by atoms with van der Waals surface area (Å²) in [6, 6.07) is 0. The molecule has 0 fully saturated rings. The fourth-order valence-electron chi connectivity index (χ4n) is 1.89. The average molecular weight is 209 g/mol. The Balaban J connectivity index is 2.18. The van der Waals surface area contributed by atoms with Gasteiger partial charge < -0.3 is 11.1 Å². The molecule has 2 heterocycles. The highest BCUT2D eigenvalue weighted by atomic mass is 15.4. The highest BCUT2D eigenvalue weighted by Crippen LogP contribution is 2.18. The minimum Gasteiger partial charge on any atom is -0.354 e. The first kappa shape index (κ1) is 10.4. The van der Waals surface area contributed by atoms with Crippen LogP contribution in [0.1, 0.15) is 19.7 Å². The highest BCUT2D eigenvalue weighted by molar-refractivity contribution is 5.28. The molecule has 15 heavy (non-hydrogen) atoms. The van der Waals surface area contributed by atoms with Crippen molar-refractivity contribution in [2.75, 3.05) is 18.4 Å². The van der Waals surface area contributed by atoms with E-state index in [0.717, 1.165) is 31.3 Å². The van der Waals surface area contributed by atoms with Crippen LogP contribution >= 0.6 is 0 Å². The first-order chi connectivity index (χ1) is 7.20. The summed E-state index contributed by atoms with van der Waals surface area (Å²) in [5.74, 6) is 3.08. The maximum Gasteiger partial charge on any atom is 0.224 e. The average Bonchev–Trinajstić information content (AvgIpc) is 2.60. The largest absolute Gasteiger partial charge is 0.354 e. The molecule has 1 atom stereocenters. The van der Waals surface area contributed by atoms with Crippen LogP contribution in [-0.2, 0) is 13.0 Å². The van der Waals surface area contributed by atoms with Crippen molar-refractivity contribution < 1.29 is 0 Å².